The molecular weight excluding hydrogens is 417 g/mol. The molecule has 1 aromatic rings. The zero-order valence-electron chi connectivity index (χ0n) is 13.0. The summed E-state index contributed by atoms with van der Waals surface area (Å²) in [5.74, 6) is 0. The third kappa shape index (κ3) is 8.88. The van der Waals surface area contributed by atoms with Crippen LogP contribution in [-0.2, 0) is 27.9 Å². The van der Waals surface area contributed by atoms with Crippen LogP contribution in [0.2, 0.25) is 0 Å². The number of oxime groups is 2. The average Bonchev–Trinajstić information content (AvgIpc) is 2.57. The van der Waals surface area contributed by atoms with Gasteiger partial charge in [-0.25, -0.2) is 0 Å². The Morgan fingerprint density at radius 1 is 1.15 bits per heavy atom. The Kier molecular flexibility index (Phi) is 8.00. The number of nitrogens with zero attached hydrogens (tertiary/aromatic N) is 4. The van der Waals surface area contributed by atoms with Crippen molar-refractivity contribution >= 4 is 33.9 Å². The maximum atomic E-state index is 11.7. The summed E-state index contributed by atoms with van der Waals surface area (Å²) >= 11 is -0.299. The zero-order chi connectivity index (χ0) is 20.5. The lowest BCUT2D eigenvalue weighted by molar-refractivity contribution is -0.441. The van der Waals surface area contributed by atoms with Crippen LogP contribution in [0.25, 0.3) is 0 Å². The van der Waals surface area contributed by atoms with Gasteiger partial charge >= 0.3 is 16.5 Å². The molecule has 0 amide bonds. The van der Waals surface area contributed by atoms with E-state index in [0.29, 0.717) is 0 Å². The van der Waals surface area contributed by atoms with Crippen LogP contribution < -0.4 is 0 Å². The van der Waals surface area contributed by atoms with E-state index < -0.39 is 27.9 Å². The fraction of sp³-hybridized carbons (Fsp3) is 0.167. The van der Waals surface area contributed by atoms with Crippen molar-refractivity contribution in [2.24, 2.45) is 10.3 Å². The van der Waals surface area contributed by atoms with Gasteiger partial charge in [0.25, 0.3) is 12.3 Å². The molecule has 0 N–H and O–H groups in total. The van der Waals surface area contributed by atoms with Crippen molar-refractivity contribution in [3.8, 4) is 12.1 Å². The van der Waals surface area contributed by atoms with Crippen molar-refractivity contribution in [1.82, 2.24) is 0 Å². The van der Waals surface area contributed by atoms with Crippen molar-refractivity contribution in [2.75, 3.05) is 6.26 Å². The molecule has 0 fully saturated rings. The number of benzene rings is 1. The molecule has 0 heterocycles. The van der Waals surface area contributed by atoms with E-state index in [0.717, 1.165) is 6.26 Å². The van der Waals surface area contributed by atoms with Gasteiger partial charge in [-0.15, -0.1) is 22.4 Å². The molecule has 0 atom stereocenters. The van der Waals surface area contributed by atoms with E-state index in [4.69, 9.17) is 10.5 Å². The maximum absolute atomic E-state index is 11.7. The third-order valence-corrected chi connectivity index (χ3v) is 2.80. The van der Waals surface area contributed by atoms with Gasteiger partial charge in [0.1, 0.15) is 12.1 Å². The largest absolute Gasteiger partial charge is 0.550 e. The lowest BCUT2D eigenvalue weighted by Crippen LogP contribution is -2.11. The Morgan fingerprint density at radius 2 is 1.70 bits per heavy atom. The van der Waals surface area contributed by atoms with Crippen molar-refractivity contribution < 1.29 is 39.4 Å². The molecular formula is C12H7F3N4O6S2. The van der Waals surface area contributed by atoms with Gasteiger partial charge in [-0.3, -0.25) is 8.57 Å². The molecule has 0 radical (unpaired) electrons. The molecule has 0 saturated carbocycles. The molecule has 0 spiro atoms. The number of rotatable bonds is 8. The van der Waals surface area contributed by atoms with Crippen LogP contribution in [0.15, 0.2) is 34.6 Å². The van der Waals surface area contributed by atoms with E-state index in [-0.39, 0.29) is 23.5 Å². The minimum absolute atomic E-state index is 0.0749. The molecule has 0 unspecified atom stereocenters. The first kappa shape index (κ1) is 22.2. The average molecular weight is 424 g/mol. The fourth-order valence-electron chi connectivity index (χ4n) is 1.31. The van der Waals surface area contributed by atoms with Crippen LogP contribution in [0.5, 0.6) is 0 Å². The molecule has 0 aliphatic heterocycles. The standard InChI is InChI=1S/C12H7F3N4O6S2/c1-27(20,21)24-19-11(7-17)9-4-2-3-8(5-9)10(6-16)18-23-26-25-22-12(13,14)15/h2-5H,1H3. The van der Waals surface area contributed by atoms with Crippen LogP contribution in [0, 0.1) is 22.7 Å². The van der Waals surface area contributed by atoms with Crippen molar-refractivity contribution in [3.63, 3.8) is 0 Å². The summed E-state index contributed by atoms with van der Waals surface area (Å²) in [6.45, 7) is 0. The lowest BCUT2D eigenvalue weighted by Gasteiger charge is -2.03. The van der Waals surface area contributed by atoms with Gasteiger partial charge in [0.15, 0.2) is 11.4 Å². The highest BCUT2D eigenvalue weighted by Gasteiger charge is 2.31. The van der Waals surface area contributed by atoms with Crippen molar-refractivity contribution in [2.45, 2.75) is 6.36 Å². The van der Waals surface area contributed by atoms with E-state index >= 15 is 0 Å². The van der Waals surface area contributed by atoms with Gasteiger partial charge < -0.3 is 0 Å². The minimum atomic E-state index is -5.05. The maximum Gasteiger partial charge on any atom is 0.550 e. The van der Waals surface area contributed by atoms with Crippen molar-refractivity contribution in [1.29, 1.82) is 10.5 Å². The summed E-state index contributed by atoms with van der Waals surface area (Å²) in [4.78, 5) is 2.94. The van der Waals surface area contributed by atoms with E-state index in [9.17, 15) is 21.6 Å². The predicted octanol–water partition coefficient (Wildman–Crippen LogP) is 2.17. The summed E-state index contributed by atoms with van der Waals surface area (Å²) in [6.07, 6.45) is -4.32. The van der Waals surface area contributed by atoms with Crippen molar-refractivity contribution in [3.05, 3.63) is 35.4 Å². The Morgan fingerprint density at radius 3 is 2.19 bits per heavy atom. The molecule has 0 aliphatic rings. The molecule has 0 bridgehead atoms. The first-order valence-electron chi connectivity index (χ1n) is 6.26. The highest BCUT2D eigenvalue weighted by atomic mass is 32.2. The van der Waals surface area contributed by atoms with E-state index in [2.05, 4.69) is 28.1 Å². The quantitative estimate of drug-likeness (QED) is 0.202. The van der Waals surface area contributed by atoms with E-state index in [1.165, 1.54) is 24.3 Å². The summed E-state index contributed by atoms with van der Waals surface area (Å²) in [5.41, 5.74) is -0.668. The molecule has 1 aromatic carbocycles. The van der Waals surface area contributed by atoms with Gasteiger partial charge in [0.2, 0.25) is 0 Å². The predicted molar refractivity (Wildman–Crippen MR) is 83.6 cm³/mol. The van der Waals surface area contributed by atoms with Crippen LogP contribution in [0.4, 0.5) is 13.2 Å². The second-order valence-corrected chi connectivity index (χ2v) is 6.18. The van der Waals surface area contributed by atoms with E-state index in [1.807, 2.05) is 0 Å². The first-order valence-corrected chi connectivity index (χ1v) is 8.74. The summed E-state index contributed by atoms with van der Waals surface area (Å²) < 4.78 is 68.9. The Balaban J connectivity index is 2.93. The summed E-state index contributed by atoms with van der Waals surface area (Å²) in [6, 6.07) is 8.54. The summed E-state index contributed by atoms with van der Waals surface area (Å²) in [5, 5.41) is 24.5. The van der Waals surface area contributed by atoms with Gasteiger partial charge in [0.05, 0.1) is 6.26 Å². The smallest absolute Gasteiger partial charge is 0.288 e. The molecule has 144 valence electrons. The molecule has 0 aliphatic carbocycles. The second-order valence-electron chi connectivity index (χ2n) is 4.20. The zero-order valence-corrected chi connectivity index (χ0v) is 14.6. The van der Waals surface area contributed by atoms with Crippen LogP contribution in [-0.4, -0.2) is 32.5 Å². The molecule has 15 heteroatoms. The number of halogens is 3. The molecule has 27 heavy (non-hydrogen) atoms. The Hall–Kier alpha value is -2.85. The highest BCUT2D eigenvalue weighted by Crippen LogP contribution is 2.20. The SMILES string of the molecule is CS(=O)(=O)ON=C(C#N)c1cccc(C(C#N)=NOSOOC(F)(F)F)c1. The first-order chi connectivity index (χ1) is 12.6. The molecule has 0 saturated heterocycles. The highest BCUT2D eigenvalue weighted by molar-refractivity contribution is 7.89. The number of nitriles is 2. The van der Waals surface area contributed by atoms with Crippen LogP contribution in [0.3, 0.4) is 0 Å². The minimum Gasteiger partial charge on any atom is -0.288 e. The monoisotopic (exact) mass is 424 g/mol. The Bertz CT molecular complexity index is 918. The van der Waals surface area contributed by atoms with Gasteiger partial charge in [-0.05, 0) is 6.07 Å². The fourth-order valence-corrected chi connectivity index (χ4v) is 1.76. The number of alkyl halides is 3. The normalized spacial score (nSPS) is 12.8. The molecule has 10 nitrogen and oxygen atoms in total. The van der Waals surface area contributed by atoms with E-state index in [1.54, 1.807) is 12.1 Å². The van der Waals surface area contributed by atoms with Gasteiger partial charge in [0, 0.05) is 11.1 Å². The van der Waals surface area contributed by atoms with Gasteiger partial charge in [-0.1, -0.05) is 28.5 Å². The number of hydrogen-bond donors (Lipinski definition) is 0. The van der Waals surface area contributed by atoms with Crippen LogP contribution in [0.1, 0.15) is 11.1 Å². The molecule has 1 rings (SSSR count). The van der Waals surface area contributed by atoms with Gasteiger partial charge in [-0.2, -0.15) is 18.9 Å². The molecule has 0 aromatic heterocycles. The van der Waals surface area contributed by atoms with Crippen LogP contribution >= 0.6 is 12.3 Å². The number of hydrogen-bond acceptors (Lipinski definition) is 11. The third-order valence-electron chi connectivity index (χ3n) is 2.20. The summed E-state index contributed by atoms with van der Waals surface area (Å²) in [7, 11) is -3.94. The topological polar surface area (TPSA) is 143 Å². The second kappa shape index (κ2) is 9.74. The lowest BCUT2D eigenvalue weighted by atomic mass is 10.0. The Labute approximate surface area is 154 Å².